The molecule has 3 aliphatic rings. The zero-order chi connectivity index (χ0) is 24.9. The monoisotopic (exact) mass is 474 g/mol. The van der Waals surface area contributed by atoms with Gasteiger partial charge in [0.15, 0.2) is 5.78 Å². The molecule has 4 atom stereocenters. The number of nitro groups is 1. The molecule has 2 fully saturated rings. The lowest BCUT2D eigenvalue weighted by Crippen LogP contribution is -2.46. The van der Waals surface area contributed by atoms with Crippen molar-refractivity contribution in [1.29, 1.82) is 0 Å². The molecule has 0 saturated carbocycles. The van der Waals surface area contributed by atoms with Crippen molar-refractivity contribution in [2.45, 2.75) is 19.0 Å². The second kappa shape index (κ2) is 8.28. The first-order chi connectivity index (χ1) is 16.8. The van der Waals surface area contributed by atoms with E-state index in [2.05, 4.69) is 5.10 Å². The number of ketones is 1. The SMILES string of the molecule is CC(=O)Oc1ccc(C(=O)[C@@H]2[C@@H]3C(=O)N(c4cccc([N+](=O)[O-])c4)C(=O)[C@@H]3[C@@H]3C=CC=NN23)cc1. The zero-order valence-corrected chi connectivity index (χ0v) is 18.3. The van der Waals surface area contributed by atoms with E-state index >= 15 is 0 Å². The predicted molar refractivity (Wildman–Crippen MR) is 122 cm³/mol. The summed E-state index contributed by atoms with van der Waals surface area (Å²) in [6.45, 7) is 1.26. The number of carbonyl (C=O) groups is 4. The number of esters is 1. The van der Waals surface area contributed by atoms with E-state index in [1.807, 2.05) is 0 Å². The highest BCUT2D eigenvalue weighted by Crippen LogP contribution is 2.46. The van der Waals surface area contributed by atoms with Crippen LogP contribution in [0.25, 0.3) is 0 Å². The predicted octanol–water partition coefficient (Wildman–Crippen LogP) is 2.12. The van der Waals surface area contributed by atoms with Gasteiger partial charge >= 0.3 is 5.97 Å². The summed E-state index contributed by atoms with van der Waals surface area (Å²) in [7, 11) is 0. The highest BCUT2D eigenvalue weighted by molar-refractivity contribution is 6.24. The molecule has 0 aliphatic carbocycles. The van der Waals surface area contributed by atoms with Crippen molar-refractivity contribution >= 4 is 41.2 Å². The highest BCUT2D eigenvalue weighted by atomic mass is 16.6. The van der Waals surface area contributed by atoms with Crippen LogP contribution in [0, 0.1) is 22.0 Å². The molecule has 11 heteroatoms. The Kier molecular flexibility index (Phi) is 5.24. The number of ether oxygens (including phenoxy) is 1. The maximum absolute atomic E-state index is 13.6. The number of amides is 2. The van der Waals surface area contributed by atoms with Crippen LogP contribution >= 0.6 is 0 Å². The number of hydrazone groups is 1. The zero-order valence-electron chi connectivity index (χ0n) is 18.3. The summed E-state index contributed by atoms with van der Waals surface area (Å²) in [5, 5.41) is 17.0. The van der Waals surface area contributed by atoms with Gasteiger partial charge in [-0.05, 0) is 36.4 Å². The highest BCUT2D eigenvalue weighted by Gasteiger charge is 2.64. The third-order valence-electron chi connectivity index (χ3n) is 6.26. The van der Waals surface area contributed by atoms with Crippen LogP contribution in [0.1, 0.15) is 17.3 Å². The summed E-state index contributed by atoms with van der Waals surface area (Å²) in [5.41, 5.74) is 0.0731. The Balaban J connectivity index is 1.52. The van der Waals surface area contributed by atoms with Crippen LogP contribution < -0.4 is 9.64 Å². The second-order valence-corrected chi connectivity index (χ2v) is 8.29. The van der Waals surface area contributed by atoms with E-state index in [9.17, 15) is 29.3 Å². The quantitative estimate of drug-likeness (QED) is 0.160. The summed E-state index contributed by atoms with van der Waals surface area (Å²) in [6.07, 6.45) is 4.84. The average Bonchev–Trinajstić information content (AvgIpc) is 3.31. The van der Waals surface area contributed by atoms with Gasteiger partial charge in [-0.15, -0.1) is 0 Å². The number of allylic oxidation sites excluding steroid dienone is 1. The lowest BCUT2D eigenvalue weighted by molar-refractivity contribution is -0.384. The van der Waals surface area contributed by atoms with Gasteiger partial charge in [0.2, 0.25) is 11.8 Å². The van der Waals surface area contributed by atoms with E-state index in [0.717, 1.165) is 11.0 Å². The van der Waals surface area contributed by atoms with Crippen LogP contribution in [0.3, 0.4) is 0 Å². The summed E-state index contributed by atoms with van der Waals surface area (Å²) in [6, 6.07) is 9.47. The first kappa shape index (κ1) is 22.1. The van der Waals surface area contributed by atoms with Gasteiger partial charge in [-0.1, -0.05) is 12.1 Å². The minimum Gasteiger partial charge on any atom is -0.427 e. The van der Waals surface area contributed by atoms with Crippen molar-refractivity contribution in [3.8, 4) is 5.75 Å². The van der Waals surface area contributed by atoms with Gasteiger partial charge in [0, 0.05) is 30.8 Å². The van der Waals surface area contributed by atoms with Crippen LogP contribution in [-0.4, -0.2) is 51.8 Å². The van der Waals surface area contributed by atoms with E-state index in [1.54, 1.807) is 12.2 Å². The number of hydrogen-bond donors (Lipinski definition) is 0. The third-order valence-corrected chi connectivity index (χ3v) is 6.26. The molecule has 0 radical (unpaired) electrons. The molecule has 5 rings (SSSR count). The molecule has 2 saturated heterocycles. The van der Waals surface area contributed by atoms with Crippen molar-refractivity contribution in [2.75, 3.05) is 4.90 Å². The summed E-state index contributed by atoms with van der Waals surface area (Å²) in [4.78, 5) is 63.3. The fourth-order valence-electron chi connectivity index (χ4n) is 4.86. The molecule has 0 bridgehead atoms. The van der Waals surface area contributed by atoms with E-state index < -0.39 is 52.4 Å². The normalized spacial score (nSPS) is 24.4. The molecule has 176 valence electrons. The minimum atomic E-state index is -1.06. The smallest absolute Gasteiger partial charge is 0.308 e. The number of benzene rings is 2. The third kappa shape index (κ3) is 3.57. The molecule has 11 nitrogen and oxygen atoms in total. The van der Waals surface area contributed by atoms with Crippen molar-refractivity contribution in [2.24, 2.45) is 16.9 Å². The number of nitrogens with zero attached hydrogens (tertiary/aromatic N) is 4. The van der Waals surface area contributed by atoms with Crippen LogP contribution in [0.2, 0.25) is 0 Å². The number of imide groups is 1. The van der Waals surface area contributed by atoms with Crippen molar-refractivity contribution in [3.63, 3.8) is 0 Å². The Hall–Kier alpha value is -4.67. The number of anilines is 1. The molecule has 2 amide bonds. The number of hydrogen-bond acceptors (Lipinski definition) is 9. The largest absolute Gasteiger partial charge is 0.427 e. The van der Waals surface area contributed by atoms with E-state index in [4.69, 9.17) is 4.74 Å². The van der Waals surface area contributed by atoms with Crippen molar-refractivity contribution in [3.05, 3.63) is 76.4 Å². The average molecular weight is 474 g/mol. The summed E-state index contributed by atoms with van der Waals surface area (Å²) < 4.78 is 5.00. The Morgan fingerprint density at radius 3 is 2.46 bits per heavy atom. The molecule has 3 heterocycles. The first-order valence-corrected chi connectivity index (χ1v) is 10.7. The maximum atomic E-state index is 13.6. The molecule has 0 spiro atoms. The Labute approximate surface area is 198 Å². The number of fused-ring (bicyclic) bond motifs is 3. The van der Waals surface area contributed by atoms with Gasteiger partial charge in [-0.2, -0.15) is 5.10 Å². The second-order valence-electron chi connectivity index (χ2n) is 8.29. The number of Topliss-reactive ketones (excluding diaryl/α,β-unsaturated/α-hetero) is 1. The molecule has 2 aromatic rings. The van der Waals surface area contributed by atoms with Gasteiger partial charge in [0.05, 0.1) is 28.5 Å². The Bertz CT molecular complexity index is 1330. The molecule has 0 unspecified atom stereocenters. The molecule has 2 aromatic carbocycles. The molecule has 0 aromatic heterocycles. The first-order valence-electron chi connectivity index (χ1n) is 10.7. The minimum absolute atomic E-state index is 0.0790. The van der Waals surface area contributed by atoms with Crippen LogP contribution in [0.4, 0.5) is 11.4 Å². The van der Waals surface area contributed by atoms with Gasteiger partial charge < -0.3 is 4.74 Å². The van der Waals surface area contributed by atoms with E-state index in [-0.39, 0.29) is 22.7 Å². The Morgan fingerprint density at radius 2 is 1.77 bits per heavy atom. The van der Waals surface area contributed by atoms with Gasteiger partial charge in [-0.25, -0.2) is 4.90 Å². The van der Waals surface area contributed by atoms with E-state index in [0.29, 0.717) is 0 Å². The van der Waals surface area contributed by atoms with Crippen molar-refractivity contribution in [1.82, 2.24) is 5.01 Å². The van der Waals surface area contributed by atoms with Crippen molar-refractivity contribution < 1.29 is 28.8 Å². The molecule has 0 N–H and O–H groups in total. The molecule has 3 aliphatic heterocycles. The lowest BCUT2D eigenvalue weighted by Gasteiger charge is -2.30. The van der Waals surface area contributed by atoms with Gasteiger partial charge in [-0.3, -0.25) is 34.3 Å². The number of carbonyl (C=O) groups excluding carboxylic acids is 4. The van der Waals surface area contributed by atoms with Gasteiger partial charge in [0.1, 0.15) is 11.8 Å². The Morgan fingerprint density at radius 1 is 1.06 bits per heavy atom. The molecular weight excluding hydrogens is 456 g/mol. The summed E-state index contributed by atoms with van der Waals surface area (Å²) >= 11 is 0. The van der Waals surface area contributed by atoms with Crippen LogP contribution in [0.5, 0.6) is 5.75 Å². The van der Waals surface area contributed by atoms with Crippen LogP contribution in [0.15, 0.2) is 65.8 Å². The number of nitro benzene ring substituents is 1. The van der Waals surface area contributed by atoms with E-state index in [1.165, 1.54) is 60.6 Å². The lowest BCUT2D eigenvalue weighted by atomic mass is 9.86. The fourth-order valence-corrected chi connectivity index (χ4v) is 4.86. The fraction of sp³-hybridized carbons (Fsp3) is 0.208. The topological polar surface area (TPSA) is 139 Å². The van der Waals surface area contributed by atoms with Crippen LogP contribution in [-0.2, 0) is 14.4 Å². The molecule has 35 heavy (non-hydrogen) atoms. The maximum Gasteiger partial charge on any atom is 0.308 e. The summed E-state index contributed by atoms with van der Waals surface area (Å²) in [5.74, 6) is -3.75. The number of non-ortho nitro benzene ring substituents is 1. The standard InChI is InChI=1S/C24H18N4O7/c1-13(29)35-17-9-7-14(8-10-17)22(30)21-20-19(18-6-3-11-25-27(18)21)23(31)26(24(20)32)15-4-2-5-16(12-15)28(33)34/h2-12,18-21H,1H3/t18-,19+,20+,21-/m0/s1. The number of rotatable bonds is 5. The molecular formula is C24H18N4O7. The van der Waals surface area contributed by atoms with Gasteiger partial charge in [0.25, 0.3) is 5.69 Å².